The lowest BCUT2D eigenvalue weighted by Gasteiger charge is -2.29. The Morgan fingerprint density at radius 1 is 1.33 bits per heavy atom. The van der Waals surface area contributed by atoms with Gasteiger partial charge in [-0.3, -0.25) is 9.69 Å². The quantitative estimate of drug-likeness (QED) is 0.739. The first-order valence-corrected chi connectivity index (χ1v) is 8.10. The zero-order chi connectivity index (χ0) is 15.9. The highest BCUT2D eigenvalue weighted by Gasteiger charge is 2.27. The standard InChI is InChI=1S/C16H23ClFN3O.2ClH/c1-19-8-7-15(22)20-11-14(21-9-2-3-10-21)16-12(17)5-4-6-13(16)18;;/h4-6,14,19H,2-3,7-11H2,1H3,(H,20,22);2*1H. The van der Waals surface area contributed by atoms with Gasteiger partial charge in [0.2, 0.25) is 5.91 Å². The van der Waals surface area contributed by atoms with Crippen molar-refractivity contribution in [1.29, 1.82) is 0 Å². The fraction of sp³-hybridized carbons (Fsp3) is 0.562. The van der Waals surface area contributed by atoms with Crippen LogP contribution in [0.25, 0.3) is 0 Å². The van der Waals surface area contributed by atoms with Gasteiger partial charge in [0.15, 0.2) is 0 Å². The molecule has 1 atom stereocenters. The summed E-state index contributed by atoms with van der Waals surface area (Å²) in [6, 6.07) is 4.52. The lowest BCUT2D eigenvalue weighted by molar-refractivity contribution is -0.121. The van der Waals surface area contributed by atoms with Gasteiger partial charge < -0.3 is 10.6 Å². The van der Waals surface area contributed by atoms with E-state index in [1.165, 1.54) is 6.07 Å². The van der Waals surface area contributed by atoms with Crippen LogP contribution in [0.1, 0.15) is 30.9 Å². The van der Waals surface area contributed by atoms with Crippen molar-refractivity contribution in [2.75, 3.05) is 33.2 Å². The second-order valence-electron chi connectivity index (χ2n) is 5.55. The van der Waals surface area contributed by atoms with Crippen molar-refractivity contribution in [3.63, 3.8) is 0 Å². The minimum absolute atomic E-state index is 0. The van der Waals surface area contributed by atoms with Crippen molar-refractivity contribution < 1.29 is 9.18 Å². The zero-order valence-corrected chi connectivity index (χ0v) is 16.1. The second-order valence-corrected chi connectivity index (χ2v) is 5.96. The number of hydrogen-bond acceptors (Lipinski definition) is 3. The second kappa shape index (κ2) is 11.9. The molecule has 1 saturated heterocycles. The first-order valence-electron chi connectivity index (χ1n) is 7.72. The number of nitrogens with one attached hydrogen (secondary N) is 2. The minimum atomic E-state index is -0.311. The number of carbonyl (C=O) groups is 1. The molecule has 2 rings (SSSR count). The Morgan fingerprint density at radius 3 is 2.58 bits per heavy atom. The highest BCUT2D eigenvalue weighted by Crippen LogP contribution is 2.31. The molecule has 1 heterocycles. The van der Waals surface area contributed by atoms with E-state index in [1.54, 1.807) is 19.2 Å². The van der Waals surface area contributed by atoms with E-state index in [9.17, 15) is 9.18 Å². The molecule has 1 aromatic rings. The summed E-state index contributed by atoms with van der Waals surface area (Å²) >= 11 is 6.21. The maximum absolute atomic E-state index is 14.2. The Bertz CT molecular complexity index is 493. The summed E-state index contributed by atoms with van der Waals surface area (Å²) in [6.07, 6.45) is 2.60. The molecule has 0 radical (unpaired) electrons. The molecule has 1 aromatic carbocycles. The molecule has 2 N–H and O–H groups in total. The highest BCUT2D eigenvalue weighted by atomic mass is 35.5. The predicted molar refractivity (Wildman–Crippen MR) is 101 cm³/mol. The van der Waals surface area contributed by atoms with Crippen LogP contribution in [-0.4, -0.2) is 44.0 Å². The van der Waals surface area contributed by atoms with Crippen LogP contribution in [0.5, 0.6) is 0 Å². The maximum atomic E-state index is 14.2. The monoisotopic (exact) mass is 399 g/mol. The summed E-state index contributed by atoms with van der Waals surface area (Å²) in [6.45, 7) is 2.81. The number of likely N-dealkylation sites (tertiary alicyclic amines) is 1. The molecule has 0 aliphatic carbocycles. The van der Waals surface area contributed by atoms with Crippen molar-refractivity contribution in [2.45, 2.75) is 25.3 Å². The van der Waals surface area contributed by atoms with E-state index in [1.807, 2.05) is 0 Å². The van der Waals surface area contributed by atoms with E-state index in [-0.39, 0.29) is 42.6 Å². The Morgan fingerprint density at radius 2 is 2.00 bits per heavy atom. The van der Waals surface area contributed by atoms with Crippen molar-refractivity contribution >= 4 is 42.3 Å². The van der Waals surface area contributed by atoms with Crippen LogP contribution in [0.2, 0.25) is 5.02 Å². The zero-order valence-electron chi connectivity index (χ0n) is 13.7. The molecule has 0 saturated carbocycles. The van der Waals surface area contributed by atoms with E-state index >= 15 is 0 Å². The molecule has 0 aromatic heterocycles. The fourth-order valence-corrected chi connectivity index (χ4v) is 3.12. The van der Waals surface area contributed by atoms with Crippen LogP contribution in [-0.2, 0) is 4.79 Å². The van der Waals surface area contributed by atoms with Crippen LogP contribution in [0.15, 0.2) is 18.2 Å². The first kappa shape index (κ1) is 23.4. The van der Waals surface area contributed by atoms with Crippen LogP contribution >= 0.6 is 36.4 Å². The van der Waals surface area contributed by atoms with Crippen LogP contribution in [0.4, 0.5) is 4.39 Å². The maximum Gasteiger partial charge on any atom is 0.221 e. The van der Waals surface area contributed by atoms with Gasteiger partial charge in [-0.25, -0.2) is 4.39 Å². The molecular weight excluding hydrogens is 376 g/mol. The van der Waals surface area contributed by atoms with Crippen LogP contribution in [0.3, 0.4) is 0 Å². The molecule has 1 fully saturated rings. The Kier molecular flexibility index (Phi) is 11.6. The molecule has 1 aliphatic rings. The van der Waals surface area contributed by atoms with E-state index < -0.39 is 0 Å². The summed E-state index contributed by atoms with van der Waals surface area (Å²) in [7, 11) is 1.80. The lowest BCUT2D eigenvalue weighted by atomic mass is 10.0. The third-order valence-corrected chi connectivity index (χ3v) is 4.34. The summed E-state index contributed by atoms with van der Waals surface area (Å²) in [4.78, 5) is 14.0. The van der Waals surface area contributed by atoms with Crippen molar-refractivity contribution in [3.05, 3.63) is 34.6 Å². The highest BCUT2D eigenvalue weighted by molar-refractivity contribution is 6.31. The van der Waals surface area contributed by atoms with Gasteiger partial charge in [0, 0.05) is 30.1 Å². The van der Waals surface area contributed by atoms with Crippen LogP contribution in [0, 0.1) is 5.82 Å². The molecule has 1 unspecified atom stereocenters. The van der Waals surface area contributed by atoms with Gasteiger partial charge >= 0.3 is 0 Å². The van der Waals surface area contributed by atoms with Crippen molar-refractivity contribution in [2.24, 2.45) is 0 Å². The molecule has 138 valence electrons. The molecule has 1 aliphatic heterocycles. The van der Waals surface area contributed by atoms with E-state index in [0.29, 0.717) is 30.1 Å². The van der Waals surface area contributed by atoms with Crippen molar-refractivity contribution in [3.8, 4) is 0 Å². The van der Waals surface area contributed by atoms with Gasteiger partial charge in [-0.2, -0.15) is 0 Å². The third kappa shape index (κ3) is 6.37. The minimum Gasteiger partial charge on any atom is -0.354 e. The van der Waals surface area contributed by atoms with E-state index in [2.05, 4.69) is 15.5 Å². The molecule has 8 heteroatoms. The molecular formula is C16H25Cl3FN3O. The largest absolute Gasteiger partial charge is 0.354 e. The van der Waals surface area contributed by atoms with Gasteiger partial charge in [-0.05, 0) is 45.1 Å². The number of hydrogen-bond donors (Lipinski definition) is 2. The Labute approximate surface area is 160 Å². The third-order valence-electron chi connectivity index (χ3n) is 4.01. The number of amides is 1. The number of benzene rings is 1. The van der Waals surface area contributed by atoms with Crippen molar-refractivity contribution in [1.82, 2.24) is 15.5 Å². The summed E-state index contributed by atoms with van der Waals surface area (Å²) in [5.41, 5.74) is 0.486. The average molecular weight is 401 g/mol. The Hall–Kier alpha value is -0.590. The SMILES string of the molecule is CNCCC(=O)NCC(c1c(F)cccc1Cl)N1CCCC1.Cl.Cl. The molecule has 1 amide bonds. The van der Waals surface area contributed by atoms with E-state index in [0.717, 1.165) is 25.9 Å². The molecule has 0 spiro atoms. The van der Waals surface area contributed by atoms with Gasteiger partial charge in [-0.1, -0.05) is 17.7 Å². The van der Waals surface area contributed by atoms with Crippen LogP contribution < -0.4 is 10.6 Å². The van der Waals surface area contributed by atoms with E-state index in [4.69, 9.17) is 11.6 Å². The smallest absolute Gasteiger partial charge is 0.221 e. The molecule has 4 nitrogen and oxygen atoms in total. The lowest BCUT2D eigenvalue weighted by Crippen LogP contribution is -2.38. The normalized spacial score (nSPS) is 15.3. The van der Waals surface area contributed by atoms with Gasteiger partial charge in [-0.15, -0.1) is 24.8 Å². The number of halogens is 4. The van der Waals surface area contributed by atoms with Gasteiger partial charge in [0.05, 0.1) is 6.04 Å². The first-order chi connectivity index (χ1) is 10.6. The topological polar surface area (TPSA) is 44.4 Å². The summed E-state index contributed by atoms with van der Waals surface area (Å²) in [5.74, 6) is -0.347. The predicted octanol–water partition coefficient (Wildman–Crippen LogP) is 3.19. The van der Waals surface area contributed by atoms with Gasteiger partial charge in [0.25, 0.3) is 0 Å². The fourth-order valence-electron chi connectivity index (χ4n) is 2.83. The Balaban J connectivity index is 0.00000264. The average Bonchev–Trinajstić information content (AvgIpc) is 3.02. The summed E-state index contributed by atoms with van der Waals surface area (Å²) in [5, 5.41) is 6.26. The molecule has 24 heavy (non-hydrogen) atoms. The number of nitrogens with zero attached hydrogens (tertiary/aromatic N) is 1. The molecule has 0 bridgehead atoms. The number of rotatable bonds is 7. The summed E-state index contributed by atoms with van der Waals surface area (Å²) < 4.78 is 14.2. The number of carbonyl (C=O) groups excluding carboxylic acids is 1. The van der Waals surface area contributed by atoms with Gasteiger partial charge in [0.1, 0.15) is 5.82 Å².